The van der Waals surface area contributed by atoms with Gasteiger partial charge in [-0.15, -0.1) is 11.6 Å². The van der Waals surface area contributed by atoms with Gasteiger partial charge in [-0.2, -0.15) is 0 Å². The SMILES string of the molecule is O=C(c1ccc(Br)c(F)c1)N1CCC(CCl)C1. The molecule has 1 heterocycles. The summed E-state index contributed by atoms with van der Waals surface area (Å²) in [6.45, 7) is 1.37. The van der Waals surface area contributed by atoms with Crippen LogP contribution >= 0.6 is 27.5 Å². The summed E-state index contributed by atoms with van der Waals surface area (Å²) in [5, 5.41) is 0. The Hall–Kier alpha value is -0.610. The summed E-state index contributed by atoms with van der Waals surface area (Å²) >= 11 is 8.83. The lowest BCUT2D eigenvalue weighted by Crippen LogP contribution is -2.28. The smallest absolute Gasteiger partial charge is 0.253 e. The molecule has 5 heteroatoms. The van der Waals surface area contributed by atoms with Gasteiger partial charge < -0.3 is 4.90 Å². The molecular formula is C12H12BrClFNO. The number of amides is 1. The maximum absolute atomic E-state index is 13.3. The number of hydrogen-bond acceptors (Lipinski definition) is 1. The molecule has 1 aromatic carbocycles. The van der Waals surface area contributed by atoms with Crippen molar-refractivity contribution in [2.45, 2.75) is 6.42 Å². The molecule has 1 fully saturated rings. The highest BCUT2D eigenvalue weighted by Gasteiger charge is 2.26. The van der Waals surface area contributed by atoms with Gasteiger partial charge in [-0.1, -0.05) is 0 Å². The summed E-state index contributed by atoms with van der Waals surface area (Å²) in [6, 6.07) is 4.45. The molecule has 2 rings (SSSR count). The Kier molecular flexibility index (Phi) is 4.05. The Morgan fingerprint density at radius 2 is 2.35 bits per heavy atom. The van der Waals surface area contributed by atoms with Crippen LogP contribution in [0.1, 0.15) is 16.8 Å². The van der Waals surface area contributed by atoms with E-state index in [2.05, 4.69) is 15.9 Å². The zero-order valence-corrected chi connectivity index (χ0v) is 11.5. The summed E-state index contributed by atoms with van der Waals surface area (Å²) < 4.78 is 13.7. The van der Waals surface area contributed by atoms with Crippen LogP contribution in [-0.4, -0.2) is 29.8 Å². The number of benzene rings is 1. The minimum atomic E-state index is -0.413. The first-order chi connectivity index (χ1) is 8.11. The van der Waals surface area contributed by atoms with E-state index in [4.69, 9.17) is 11.6 Å². The van der Waals surface area contributed by atoms with Crippen LogP contribution in [0, 0.1) is 11.7 Å². The Morgan fingerprint density at radius 1 is 1.59 bits per heavy atom. The Labute approximate surface area is 113 Å². The van der Waals surface area contributed by atoms with Crippen molar-refractivity contribution in [3.63, 3.8) is 0 Å². The van der Waals surface area contributed by atoms with Gasteiger partial charge in [-0.3, -0.25) is 4.79 Å². The second-order valence-corrected chi connectivity index (χ2v) is 5.35. The number of carbonyl (C=O) groups excluding carboxylic acids is 1. The van der Waals surface area contributed by atoms with Gasteiger partial charge in [0.05, 0.1) is 4.47 Å². The average molecular weight is 321 g/mol. The summed E-state index contributed by atoms with van der Waals surface area (Å²) in [5.74, 6) is 0.396. The molecule has 17 heavy (non-hydrogen) atoms. The normalized spacial score (nSPS) is 19.7. The Morgan fingerprint density at radius 3 is 2.94 bits per heavy atom. The van der Waals surface area contributed by atoms with Crippen LogP contribution in [0.4, 0.5) is 4.39 Å². The van der Waals surface area contributed by atoms with Crippen molar-refractivity contribution >= 4 is 33.4 Å². The van der Waals surface area contributed by atoms with E-state index in [9.17, 15) is 9.18 Å². The molecule has 1 aliphatic heterocycles. The number of alkyl halides is 1. The Balaban J connectivity index is 2.12. The van der Waals surface area contributed by atoms with E-state index >= 15 is 0 Å². The van der Waals surface area contributed by atoms with Crippen molar-refractivity contribution in [2.24, 2.45) is 5.92 Å². The van der Waals surface area contributed by atoms with Crippen molar-refractivity contribution in [1.29, 1.82) is 0 Å². The number of rotatable bonds is 2. The van der Waals surface area contributed by atoms with Crippen LogP contribution in [-0.2, 0) is 0 Å². The monoisotopic (exact) mass is 319 g/mol. The fourth-order valence-corrected chi connectivity index (χ4v) is 2.45. The number of halogens is 3. The van der Waals surface area contributed by atoms with Crippen molar-refractivity contribution in [3.8, 4) is 0 Å². The van der Waals surface area contributed by atoms with Crippen LogP contribution in [0.3, 0.4) is 0 Å². The minimum Gasteiger partial charge on any atom is -0.338 e. The molecule has 1 aromatic rings. The number of likely N-dealkylation sites (tertiary alicyclic amines) is 1. The van der Waals surface area contributed by atoms with Gasteiger partial charge in [0, 0.05) is 24.5 Å². The van der Waals surface area contributed by atoms with Crippen LogP contribution in [0.15, 0.2) is 22.7 Å². The molecule has 0 N–H and O–H groups in total. The van der Waals surface area contributed by atoms with E-state index in [1.54, 1.807) is 17.0 Å². The number of nitrogens with zero attached hydrogens (tertiary/aromatic N) is 1. The second kappa shape index (κ2) is 5.36. The van der Waals surface area contributed by atoms with Crippen LogP contribution < -0.4 is 0 Å². The molecular weight excluding hydrogens is 308 g/mol. The van der Waals surface area contributed by atoms with Crippen molar-refractivity contribution in [1.82, 2.24) is 4.90 Å². The predicted octanol–water partition coefficient (Wildman–Crippen LogP) is 3.29. The lowest BCUT2D eigenvalue weighted by molar-refractivity contribution is 0.0788. The van der Waals surface area contributed by atoms with Gasteiger partial charge in [0.1, 0.15) is 5.82 Å². The highest BCUT2D eigenvalue weighted by Crippen LogP contribution is 2.22. The van der Waals surface area contributed by atoms with E-state index < -0.39 is 5.82 Å². The average Bonchev–Trinajstić information content (AvgIpc) is 2.80. The number of carbonyl (C=O) groups is 1. The largest absolute Gasteiger partial charge is 0.338 e. The van der Waals surface area contributed by atoms with E-state index in [0.717, 1.165) is 6.42 Å². The second-order valence-electron chi connectivity index (χ2n) is 4.19. The first kappa shape index (κ1) is 12.8. The standard InChI is InChI=1S/C12H12BrClFNO/c13-10-2-1-9(5-11(10)15)12(17)16-4-3-8(6-14)7-16/h1-2,5,8H,3-4,6-7H2. The van der Waals surface area contributed by atoms with Gasteiger partial charge in [-0.05, 0) is 46.5 Å². The maximum atomic E-state index is 13.3. The summed E-state index contributed by atoms with van der Waals surface area (Å²) in [5.41, 5.74) is 0.390. The van der Waals surface area contributed by atoms with Gasteiger partial charge >= 0.3 is 0 Å². The molecule has 2 nitrogen and oxygen atoms in total. The predicted molar refractivity (Wildman–Crippen MR) is 68.8 cm³/mol. The van der Waals surface area contributed by atoms with E-state index in [0.29, 0.717) is 34.9 Å². The molecule has 1 atom stereocenters. The highest BCUT2D eigenvalue weighted by atomic mass is 79.9. The molecule has 1 amide bonds. The van der Waals surface area contributed by atoms with E-state index in [1.807, 2.05) is 0 Å². The molecule has 0 bridgehead atoms. The van der Waals surface area contributed by atoms with Gasteiger partial charge in [0.25, 0.3) is 5.91 Å². The third kappa shape index (κ3) is 2.80. The fraction of sp³-hybridized carbons (Fsp3) is 0.417. The summed E-state index contributed by atoms with van der Waals surface area (Å²) in [6.07, 6.45) is 0.925. The number of hydrogen-bond donors (Lipinski definition) is 0. The zero-order valence-electron chi connectivity index (χ0n) is 9.13. The van der Waals surface area contributed by atoms with Gasteiger partial charge in [-0.25, -0.2) is 4.39 Å². The maximum Gasteiger partial charge on any atom is 0.253 e. The Bertz CT molecular complexity index is 441. The van der Waals surface area contributed by atoms with Crippen molar-refractivity contribution in [3.05, 3.63) is 34.1 Å². The lowest BCUT2D eigenvalue weighted by Gasteiger charge is -2.16. The van der Waals surface area contributed by atoms with Crippen molar-refractivity contribution in [2.75, 3.05) is 19.0 Å². The summed E-state index contributed by atoms with van der Waals surface area (Å²) in [7, 11) is 0. The highest BCUT2D eigenvalue weighted by molar-refractivity contribution is 9.10. The third-order valence-electron chi connectivity index (χ3n) is 2.96. The molecule has 1 aliphatic rings. The lowest BCUT2D eigenvalue weighted by atomic mass is 10.1. The van der Waals surface area contributed by atoms with Crippen LogP contribution in [0.2, 0.25) is 0 Å². The van der Waals surface area contributed by atoms with Gasteiger partial charge in [0.2, 0.25) is 0 Å². The molecule has 0 radical (unpaired) electrons. The molecule has 0 aromatic heterocycles. The quantitative estimate of drug-likeness (QED) is 0.766. The van der Waals surface area contributed by atoms with E-state index in [-0.39, 0.29) is 5.91 Å². The molecule has 0 saturated carbocycles. The minimum absolute atomic E-state index is 0.121. The first-order valence-electron chi connectivity index (χ1n) is 5.42. The molecule has 0 spiro atoms. The molecule has 1 unspecified atom stereocenters. The summed E-state index contributed by atoms with van der Waals surface area (Å²) in [4.78, 5) is 13.8. The molecule has 92 valence electrons. The van der Waals surface area contributed by atoms with Crippen LogP contribution in [0.5, 0.6) is 0 Å². The third-order valence-corrected chi connectivity index (χ3v) is 4.04. The van der Waals surface area contributed by atoms with Gasteiger partial charge in [0.15, 0.2) is 0 Å². The topological polar surface area (TPSA) is 20.3 Å². The van der Waals surface area contributed by atoms with E-state index in [1.165, 1.54) is 6.07 Å². The molecule has 1 saturated heterocycles. The first-order valence-corrected chi connectivity index (χ1v) is 6.75. The van der Waals surface area contributed by atoms with Crippen molar-refractivity contribution < 1.29 is 9.18 Å². The fourth-order valence-electron chi connectivity index (χ4n) is 1.95. The zero-order chi connectivity index (χ0) is 12.4. The van der Waals surface area contributed by atoms with Crippen LogP contribution in [0.25, 0.3) is 0 Å². The molecule has 0 aliphatic carbocycles.